The molecule has 6 heteroatoms. The van der Waals surface area contributed by atoms with Crippen LogP contribution in [0.1, 0.15) is 40.5 Å². The lowest BCUT2D eigenvalue weighted by molar-refractivity contribution is 0.0700. The van der Waals surface area contributed by atoms with E-state index in [0.717, 1.165) is 43.2 Å². The first kappa shape index (κ1) is 12.9. The highest BCUT2D eigenvalue weighted by atomic mass is 32.1. The lowest BCUT2D eigenvalue weighted by atomic mass is 10.2. The minimum Gasteiger partial charge on any atom is -0.477 e. The van der Waals surface area contributed by atoms with Crippen LogP contribution < -0.4 is 4.90 Å². The van der Waals surface area contributed by atoms with E-state index in [9.17, 15) is 9.90 Å². The molecule has 1 aromatic heterocycles. The van der Waals surface area contributed by atoms with Crippen molar-refractivity contribution in [3.8, 4) is 0 Å². The van der Waals surface area contributed by atoms with Gasteiger partial charge in [0.15, 0.2) is 5.13 Å². The molecular weight excluding hydrogens is 262 g/mol. The Morgan fingerprint density at radius 1 is 1.42 bits per heavy atom. The predicted octanol–water partition coefficient (Wildman–Crippen LogP) is 1.86. The zero-order valence-electron chi connectivity index (χ0n) is 11.3. The Balaban J connectivity index is 1.82. The van der Waals surface area contributed by atoms with Gasteiger partial charge in [0.25, 0.3) is 0 Å². The fourth-order valence-corrected chi connectivity index (χ4v) is 3.60. The third kappa shape index (κ3) is 2.47. The first-order chi connectivity index (χ1) is 9.06. The summed E-state index contributed by atoms with van der Waals surface area (Å²) < 4.78 is 0. The Morgan fingerprint density at radius 2 is 2.16 bits per heavy atom. The summed E-state index contributed by atoms with van der Waals surface area (Å²) in [6.07, 6.45) is 3.29. The second kappa shape index (κ2) is 4.76. The van der Waals surface area contributed by atoms with Crippen molar-refractivity contribution in [3.63, 3.8) is 0 Å². The molecule has 0 bridgehead atoms. The normalized spacial score (nSPS) is 23.3. The van der Waals surface area contributed by atoms with Crippen LogP contribution in [0.3, 0.4) is 0 Å². The number of anilines is 1. The van der Waals surface area contributed by atoms with Crippen LogP contribution in [0.25, 0.3) is 0 Å². The Bertz CT molecular complexity index is 496. The highest BCUT2D eigenvalue weighted by molar-refractivity contribution is 7.17. The monoisotopic (exact) mass is 281 g/mol. The summed E-state index contributed by atoms with van der Waals surface area (Å²) in [5, 5.41) is 10.2. The molecule has 1 saturated carbocycles. The second-order valence-electron chi connectivity index (χ2n) is 5.64. The molecule has 104 valence electrons. The molecule has 1 aliphatic heterocycles. The van der Waals surface area contributed by atoms with Crippen LogP contribution in [0.2, 0.25) is 0 Å². The third-order valence-corrected chi connectivity index (χ3v) is 5.08. The van der Waals surface area contributed by atoms with E-state index in [1.54, 1.807) is 0 Å². The van der Waals surface area contributed by atoms with Gasteiger partial charge in [-0.1, -0.05) is 11.3 Å². The van der Waals surface area contributed by atoms with Gasteiger partial charge in [-0.05, 0) is 33.4 Å². The number of carboxylic acids is 1. The Hall–Kier alpha value is -1.14. The number of hydrogen-bond donors (Lipinski definition) is 1. The maximum atomic E-state index is 11.3. The third-order valence-electron chi connectivity index (χ3n) is 3.96. The topological polar surface area (TPSA) is 56.7 Å². The standard InChI is InChI=1S/C13H19N3O2S/c1-15(2)9-5-6-16(7-9)13-14-10(8-3-4-8)11(19-13)12(17)18/h8-9H,3-7H2,1-2H3,(H,17,18). The summed E-state index contributed by atoms with van der Waals surface area (Å²) in [4.78, 5) is 20.8. The van der Waals surface area contributed by atoms with Crippen LogP contribution in [0.5, 0.6) is 0 Å². The molecule has 0 spiro atoms. The van der Waals surface area contributed by atoms with Crippen molar-refractivity contribution in [3.05, 3.63) is 10.6 Å². The molecule has 0 radical (unpaired) electrons. The predicted molar refractivity (Wildman–Crippen MR) is 75.4 cm³/mol. The fraction of sp³-hybridized carbons (Fsp3) is 0.692. The van der Waals surface area contributed by atoms with E-state index >= 15 is 0 Å². The van der Waals surface area contributed by atoms with Gasteiger partial charge in [-0.25, -0.2) is 9.78 Å². The molecule has 1 aliphatic carbocycles. The van der Waals surface area contributed by atoms with E-state index in [4.69, 9.17) is 0 Å². The number of thiazole rings is 1. The van der Waals surface area contributed by atoms with Gasteiger partial charge in [-0.15, -0.1) is 0 Å². The van der Waals surface area contributed by atoms with Gasteiger partial charge in [0.2, 0.25) is 0 Å². The first-order valence-corrected chi connectivity index (χ1v) is 7.53. The van der Waals surface area contributed by atoms with Crippen molar-refractivity contribution >= 4 is 22.4 Å². The molecule has 19 heavy (non-hydrogen) atoms. The van der Waals surface area contributed by atoms with Gasteiger partial charge in [-0.2, -0.15) is 0 Å². The zero-order chi connectivity index (χ0) is 13.6. The highest BCUT2D eigenvalue weighted by Gasteiger charge is 2.34. The number of carboxylic acid groups (broad SMARTS) is 1. The molecule has 2 aliphatic rings. The first-order valence-electron chi connectivity index (χ1n) is 6.71. The molecule has 3 rings (SSSR count). The van der Waals surface area contributed by atoms with Crippen LogP contribution in [-0.4, -0.2) is 54.2 Å². The van der Waals surface area contributed by atoms with E-state index in [2.05, 4.69) is 28.9 Å². The van der Waals surface area contributed by atoms with Gasteiger partial charge < -0.3 is 14.9 Å². The molecule has 1 aromatic rings. The smallest absolute Gasteiger partial charge is 0.347 e. The van der Waals surface area contributed by atoms with Crippen molar-refractivity contribution in [2.75, 3.05) is 32.1 Å². The Labute approximate surface area is 116 Å². The largest absolute Gasteiger partial charge is 0.477 e. The van der Waals surface area contributed by atoms with Crippen LogP contribution in [0, 0.1) is 0 Å². The molecule has 2 heterocycles. The zero-order valence-corrected chi connectivity index (χ0v) is 12.1. The van der Waals surface area contributed by atoms with E-state index < -0.39 is 5.97 Å². The number of rotatable bonds is 4. The highest BCUT2D eigenvalue weighted by Crippen LogP contribution is 2.44. The molecular formula is C13H19N3O2S. The summed E-state index contributed by atoms with van der Waals surface area (Å²) in [7, 11) is 4.18. The van der Waals surface area contributed by atoms with E-state index in [-0.39, 0.29) is 0 Å². The molecule has 1 atom stereocenters. The van der Waals surface area contributed by atoms with E-state index in [1.165, 1.54) is 11.3 Å². The van der Waals surface area contributed by atoms with E-state index in [1.807, 2.05) is 0 Å². The Kier molecular flexibility index (Phi) is 3.22. The number of aromatic carboxylic acids is 1. The van der Waals surface area contributed by atoms with Crippen molar-refractivity contribution in [2.45, 2.75) is 31.2 Å². The minimum absolute atomic E-state index is 0.392. The summed E-state index contributed by atoms with van der Waals surface area (Å²) in [5.74, 6) is -0.433. The molecule has 0 aromatic carbocycles. The summed E-state index contributed by atoms with van der Waals surface area (Å²) in [5.41, 5.74) is 0.820. The van der Waals surface area contributed by atoms with Gasteiger partial charge >= 0.3 is 5.97 Å². The van der Waals surface area contributed by atoms with E-state index in [0.29, 0.717) is 16.8 Å². The molecule has 1 saturated heterocycles. The van der Waals surface area contributed by atoms with Crippen molar-refractivity contribution in [1.29, 1.82) is 0 Å². The van der Waals surface area contributed by atoms with Crippen LogP contribution in [-0.2, 0) is 0 Å². The molecule has 1 N–H and O–H groups in total. The van der Waals surface area contributed by atoms with Crippen LogP contribution >= 0.6 is 11.3 Å². The van der Waals surface area contributed by atoms with Crippen molar-refractivity contribution in [1.82, 2.24) is 9.88 Å². The summed E-state index contributed by atoms with van der Waals surface area (Å²) in [6.45, 7) is 1.92. The summed E-state index contributed by atoms with van der Waals surface area (Å²) in [6, 6.07) is 0.543. The van der Waals surface area contributed by atoms with Crippen molar-refractivity contribution < 1.29 is 9.90 Å². The molecule has 1 unspecified atom stereocenters. The van der Waals surface area contributed by atoms with Gasteiger partial charge in [0.05, 0.1) is 5.69 Å². The molecule has 0 amide bonds. The average molecular weight is 281 g/mol. The lowest BCUT2D eigenvalue weighted by Gasteiger charge is -2.19. The molecule has 2 fully saturated rings. The second-order valence-corrected chi connectivity index (χ2v) is 6.62. The quantitative estimate of drug-likeness (QED) is 0.913. The van der Waals surface area contributed by atoms with Gasteiger partial charge in [0.1, 0.15) is 4.88 Å². The number of hydrogen-bond acceptors (Lipinski definition) is 5. The number of carbonyl (C=O) groups is 1. The van der Waals surface area contributed by atoms with Crippen LogP contribution in [0.15, 0.2) is 0 Å². The number of aromatic nitrogens is 1. The van der Waals surface area contributed by atoms with Crippen molar-refractivity contribution in [2.24, 2.45) is 0 Å². The minimum atomic E-state index is -0.825. The fourth-order valence-electron chi connectivity index (χ4n) is 2.58. The van der Waals surface area contributed by atoms with Crippen LogP contribution in [0.4, 0.5) is 5.13 Å². The Morgan fingerprint density at radius 3 is 2.68 bits per heavy atom. The van der Waals surface area contributed by atoms with Gasteiger partial charge in [0, 0.05) is 25.0 Å². The average Bonchev–Trinajstić information content (AvgIpc) is 2.93. The van der Waals surface area contributed by atoms with Gasteiger partial charge in [-0.3, -0.25) is 0 Å². The maximum Gasteiger partial charge on any atom is 0.347 e. The summed E-state index contributed by atoms with van der Waals surface area (Å²) >= 11 is 1.34. The number of nitrogens with zero attached hydrogens (tertiary/aromatic N) is 3. The SMILES string of the molecule is CN(C)C1CCN(c2nc(C3CC3)c(C(=O)O)s2)C1. The number of likely N-dealkylation sites (N-methyl/N-ethyl adjacent to an activating group) is 1. The lowest BCUT2D eigenvalue weighted by Crippen LogP contribution is -2.31. The molecule has 5 nitrogen and oxygen atoms in total. The maximum absolute atomic E-state index is 11.3.